The number of carbonyl (C=O) groups excluding carboxylic acids is 1. The summed E-state index contributed by atoms with van der Waals surface area (Å²) in [5.74, 6) is 1.51. The van der Waals surface area contributed by atoms with E-state index in [2.05, 4.69) is 0 Å². The van der Waals surface area contributed by atoms with Crippen molar-refractivity contribution < 1.29 is 13.2 Å². The molecular weight excluding hydrogens is 224 g/mol. The van der Waals surface area contributed by atoms with Crippen molar-refractivity contribution in [3.63, 3.8) is 0 Å². The van der Waals surface area contributed by atoms with Gasteiger partial charge in [-0.2, -0.15) is 0 Å². The van der Waals surface area contributed by atoms with E-state index in [9.17, 15) is 13.2 Å². The molecule has 1 atom stereocenters. The van der Waals surface area contributed by atoms with E-state index in [4.69, 9.17) is 10.7 Å². The van der Waals surface area contributed by atoms with Gasteiger partial charge in [0.1, 0.15) is 5.94 Å². The lowest BCUT2D eigenvalue weighted by Crippen LogP contribution is -2.10. The van der Waals surface area contributed by atoms with Crippen LogP contribution in [0.25, 0.3) is 0 Å². The third-order valence-corrected chi connectivity index (χ3v) is 3.78. The van der Waals surface area contributed by atoms with E-state index in [0.717, 1.165) is 0 Å². The Hall–Kier alpha value is -0.830. The number of allylic oxidation sites excluding steroid dienone is 4. The maximum atomic E-state index is 11.1. The molecule has 1 rings (SSSR count). The Morgan fingerprint density at radius 1 is 1.43 bits per heavy atom. The molecule has 1 unspecified atom stereocenters. The second-order valence-corrected chi connectivity index (χ2v) is 5.63. The molecule has 0 saturated carbocycles. The SMILES string of the molecule is CC1=C(S(=O)(=O)Cl)C=CC(=C=O)C1C. The Kier molecular flexibility index (Phi) is 3.00. The molecule has 3 nitrogen and oxygen atoms in total. The van der Waals surface area contributed by atoms with Crippen molar-refractivity contribution >= 4 is 25.7 Å². The fourth-order valence-corrected chi connectivity index (χ4v) is 2.60. The molecule has 76 valence electrons. The summed E-state index contributed by atoms with van der Waals surface area (Å²) in [6, 6.07) is 0. The lowest BCUT2D eigenvalue weighted by molar-refractivity contribution is 0.564. The Bertz CT molecular complexity index is 464. The van der Waals surface area contributed by atoms with E-state index in [0.29, 0.717) is 11.1 Å². The third kappa shape index (κ3) is 1.98. The van der Waals surface area contributed by atoms with Crippen molar-refractivity contribution in [3.8, 4) is 0 Å². The molecule has 0 aromatic carbocycles. The van der Waals surface area contributed by atoms with Crippen LogP contribution in [0, 0.1) is 5.92 Å². The average Bonchev–Trinajstić information content (AvgIpc) is 2.07. The van der Waals surface area contributed by atoms with E-state index in [1.165, 1.54) is 12.2 Å². The van der Waals surface area contributed by atoms with Gasteiger partial charge in [0.15, 0.2) is 0 Å². The van der Waals surface area contributed by atoms with Gasteiger partial charge in [-0.05, 0) is 24.6 Å². The lowest BCUT2D eigenvalue weighted by atomic mass is 9.90. The fourth-order valence-electron chi connectivity index (χ4n) is 1.28. The molecule has 1 aliphatic rings. The van der Waals surface area contributed by atoms with Crippen molar-refractivity contribution in [2.75, 3.05) is 0 Å². The molecular formula is C9H9ClO3S. The highest BCUT2D eigenvalue weighted by atomic mass is 35.7. The van der Waals surface area contributed by atoms with Gasteiger partial charge in [0, 0.05) is 22.2 Å². The molecule has 0 heterocycles. The normalized spacial score (nSPS) is 22.5. The van der Waals surface area contributed by atoms with Gasteiger partial charge in [0.2, 0.25) is 0 Å². The molecule has 1 aliphatic carbocycles. The van der Waals surface area contributed by atoms with Crippen LogP contribution in [0.1, 0.15) is 13.8 Å². The highest BCUT2D eigenvalue weighted by Crippen LogP contribution is 2.31. The Morgan fingerprint density at radius 3 is 2.43 bits per heavy atom. The van der Waals surface area contributed by atoms with Gasteiger partial charge in [0.05, 0.1) is 4.91 Å². The quantitative estimate of drug-likeness (QED) is 0.512. The minimum atomic E-state index is -3.72. The van der Waals surface area contributed by atoms with Crippen LogP contribution in [-0.4, -0.2) is 14.4 Å². The number of halogens is 1. The summed E-state index contributed by atoms with van der Waals surface area (Å²) in [4.78, 5) is 10.5. The number of hydrogen-bond donors (Lipinski definition) is 0. The van der Waals surface area contributed by atoms with E-state index >= 15 is 0 Å². The first kappa shape index (κ1) is 11.2. The Labute approximate surface area is 87.2 Å². The van der Waals surface area contributed by atoms with Gasteiger partial charge in [0.25, 0.3) is 9.05 Å². The molecule has 0 aliphatic heterocycles. The minimum Gasteiger partial charge on any atom is -0.233 e. The van der Waals surface area contributed by atoms with Crippen LogP contribution in [0.5, 0.6) is 0 Å². The van der Waals surface area contributed by atoms with Crippen LogP contribution in [0.2, 0.25) is 0 Å². The molecule has 0 radical (unpaired) electrons. The van der Waals surface area contributed by atoms with E-state index in [1.807, 2.05) is 0 Å². The molecule has 14 heavy (non-hydrogen) atoms. The summed E-state index contributed by atoms with van der Waals surface area (Å²) in [7, 11) is 1.50. The summed E-state index contributed by atoms with van der Waals surface area (Å²) in [5, 5.41) is 0. The molecule has 0 fully saturated rings. The molecule has 0 bridgehead atoms. The lowest BCUT2D eigenvalue weighted by Gasteiger charge is -2.17. The van der Waals surface area contributed by atoms with Crippen molar-refractivity contribution in [3.05, 3.63) is 28.2 Å². The first-order chi connectivity index (χ1) is 6.38. The Morgan fingerprint density at radius 2 is 2.00 bits per heavy atom. The molecule has 0 aromatic rings. The molecule has 0 amide bonds. The average molecular weight is 233 g/mol. The van der Waals surface area contributed by atoms with Gasteiger partial charge in [-0.25, -0.2) is 13.2 Å². The van der Waals surface area contributed by atoms with Gasteiger partial charge in [-0.3, -0.25) is 0 Å². The molecule has 0 saturated heterocycles. The predicted octanol–water partition coefficient (Wildman–Crippen LogP) is 1.79. The summed E-state index contributed by atoms with van der Waals surface area (Å²) >= 11 is 0. The van der Waals surface area contributed by atoms with Crippen molar-refractivity contribution in [2.24, 2.45) is 5.92 Å². The second kappa shape index (κ2) is 3.73. The van der Waals surface area contributed by atoms with Gasteiger partial charge in [-0.1, -0.05) is 6.92 Å². The van der Waals surface area contributed by atoms with Crippen LogP contribution in [0.3, 0.4) is 0 Å². The van der Waals surface area contributed by atoms with Crippen LogP contribution in [0.4, 0.5) is 0 Å². The third-order valence-electron chi connectivity index (χ3n) is 2.30. The number of hydrogen-bond acceptors (Lipinski definition) is 3. The zero-order valence-corrected chi connectivity index (χ0v) is 9.32. The van der Waals surface area contributed by atoms with Crippen LogP contribution >= 0.6 is 10.7 Å². The molecule has 5 heteroatoms. The summed E-state index contributed by atoms with van der Waals surface area (Å²) in [5.41, 5.74) is 1.01. The molecule has 0 aromatic heterocycles. The monoisotopic (exact) mass is 232 g/mol. The van der Waals surface area contributed by atoms with Crippen LogP contribution < -0.4 is 0 Å². The van der Waals surface area contributed by atoms with E-state index in [1.54, 1.807) is 19.8 Å². The highest BCUT2D eigenvalue weighted by molar-refractivity contribution is 8.17. The van der Waals surface area contributed by atoms with Gasteiger partial charge >= 0.3 is 0 Å². The van der Waals surface area contributed by atoms with Crippen LogP contribution in [-0.2, 0) is 13.8 Å². The maximum absolute atomic E-state index is 11.1. The summed E-state index contributed by atoms with van der Waals surface area (Å²) in [6.07, 6.45) is 2.76. The smallest absolute Gasteiger partial charge is 0.233 e. The van der Waals surface area contributed by atoms with E-state index in [-0.39, 0.29) is 10.8 Å². The van der Waals surface area contributed by atoms with Crippen molar-refractivity contribution in [1.82, 2.24) is 0 Å². The molecule has 0 N–H and O–H groups in total. The van der Waals surface area contributed by atoms with Crippen LogP contribution in [0.15, 0.2) is 28.2 Å². The standard InChI is InChI=1S/C9H9ClO3S/c1-6-7(2)9(14(10,12)13)4-3-8(6)5-11/h3-4,6H,1-2H3. The second-order valence-electron chi connectivity index (χ2n) is 3.10. The predicted molar refractivity (Wildman–Crippen MR) is 55.0 cm³/mol. The topological polar surface area (TPSA) is 51.2 Å². The largest absolute Gasteiger partial charge is 0.261 e. The van der Waals surface area contributed by atoms with Crippen molar-refractivity contribution in [1.29, 1.82) is 0 Å². The Balaban J connectivity index is 3.34. The van der Waals surface area contributed by atoms with E-state index < -0.39 is 9.05 Å². The first-order valence-electron chi connectivity index (χ1n) is 3.96. The zero-order valence-electron chi connectivity index (χ0n) is 7.74. The first-order valence-corrected chi connectivity index (χ1v) is 6.27. The maximum Gasteiger partial charge on any atom is 0.261 e. The van der Waals surface area contributed by atoms with Gasteiger partial charge in [-0.15, -0.1) is 0 Å². The fraction of sp³-hybridized carbons (Fsp3) is 0.333. The molecule has 0 spiro atoms. The van der Waals surface area contributed by atoms with Crippen molar-refractivity contribution in [2.45, 2.75) is 13.8 Å². The zero-order chi connectivity index (χ0) is 10.9. The summed E-state index contributed by atoms with van der Waals surface area (Å²) < 4.78 is 22.2. The minimum absolute atomic E-state index is 0.0747. The van der Waals surface area contributed by atoms with Gasteiger partial charge < -0.3 is 0 Å². The number of rotatable bonds is 1. The summed E-state index contributed by atoms with van der Waals surface area (Å²) in [6.45, 7) is 3.38. The highest BCUT2D eigenvalue weighted by Gasteiger charge is 2.23.